The van der Waals surface area contributed by atoms with E-state index in [4.69, 9.17) is 5.11 Å². The number of aryl methyl sites for hydroxylation is 1. The molecule has 1 saturated heterocycles. The summed E-state index contributed by atoms with van der Waals surface area (Å²) in [5.74, 6) is 1.11. The summed E-state index contributed by atoms with van der Waals surface area (Å²) < 4.78 is 0. The summed E-state index contributed by atoms with van der Waals surface area (Å²) in [6.07, 6.45) is -0.0747. The minimum absolute atomic E-state index is 0.0747. The molecule has 3 heteroatoms. The Morgan fingerprint density at radius 1 is 1.33 bits per heavy atom. The molecule has 1 fully saturated rings. The number of aliphatic hydroxyl groups excluding tert-OH is 1. The van der Waals surface area contributed by atoms with Gasteiger partial charge < -0.3 is 5.11 Å². The highest BCUT2D eigenvalue weighted by atomic mass is 32.2. The van der Waals surface area contributed by atoms with Crippen LogP contribution in [0.5, 0.6) is 0 Å². The summed E-state index contributed by atoms with van der Waals surface area (Å²) in [7, 11) is 0. The van der Waals surface area contributed by atoms with Gasteiger partial charge in [0.15, 0.2) is 0 Å². The van der Waals surface area contributed by atoms with Crippen LogP contribution in [-0.4, -0.2) is 41.5 Å². The van der Waals surface area contributed by atoms with Gasteiger partial charge in [-0.15, -0.1) is 11.8 Å². The van der Waals surface area contributed by atoms with Gasteiger partial charge in [-0.05, 0) is 19.1 Å². The molecule has 82 valence electrons. The predicted molar refractivity (Wildman–Crippen MR) is 64.3 cm³/mol. The van der Waals surface area contributed by atoms with Crippen LogP contribution in [0.1, 0.15) is 5.56 Å². The lowest BCUT2D eigenvalue weighted by atomic mass is 10.2. The van der Waals surface area contributed by atoms with Crippen molar-refractivity contribution in [2.75, 3.05) is 25.4 Å². The third kappa shape index (κ3) is 3.23. The molecule has 0 bridgehead atoms. The van der Waals surface area contributed by atoms with E-state index in [1.807, 2.05) is 11.8 Å². The Hall–Kier alpha value is -0.510. The zero-order valence-electron chi connectivity index (χ0n) is 9.02. The van der Waals surface area contributed by atoms with Crippen molar-refractivity contribution in [3.05, 3.63) is 29.8 Å². The van der Waals surface area contributed by atoms with E-state index < -0.39 is 0 Å². The van der Waals surface area contributed by atoms with Crippen LogP contribution >= 0.6 is 11.8 Å². The van der Waals surface area contributed by atoms with Crippen LogP contribution in [-0.2, 0) is 0 Å². The van der Waals surface area contributed by atoms with Crippen molar-refractivity contribution in [3.63, 3.8) is 0 Å². The van der Waals surface area contributed by atoms with Gasteiger partial charge in [0.2, 0.25) is 0 Å². The largest absolute Gasteiger partial charge is 0.390 e. The van der Waals surface area contributed by atoms with Gasteiger partial charge in [0.25, 0.3) is 0 Å². The second kappa shape index (κ2) is 5.01. The van der Waals surface area contributed by atoms with E-state index >= 15 is 0 Å². The molecule has 0 radical (unpaired) electrons. The monoisotopic (exact) mass is 223 g/mol. The van der Waals surface area contributed by atoms with E-state index in [0.29, 0.717) is 0 Å². The smallest absolute Gasteiger partial charge is 0.0793 e. The number of hydrogen-bond acceptors (Lipinski definition) is 3. The molecule has 0 amide bonds. The topological polar surface area (TPSA) is 23.5 Å². The molecule has 2 nitrogen and oxygen atoms in total. The van der Waals surface area contributed by atoms with Crippen molar-refractivity contribution in [1.29, 1.82) is 0 Å². The Bertz CT molecular complexity index is 306. The van der Waals surface area contributed by atoms with Gasteiger partial charge in [-0.1, -0.05) is 17.7 Å². The summed E-state index contributed by atoms with van der Waals surface area (Å²) >= 11 is 1.88. The molecule has 1 heterocycles. The minimum atomic E-state index is -0.0747. The number of nitrogens with zero attached hydrogens (tertiary/aromatic N) is 1. The van der Waals surface area contributed by atoms with Crippen molar-refractivity contribution >= 4 is 11.8 Å². The van der Waals surface area contributed by atoms with Crippen molar-refractivity contribution < 1.29 is 5.11 Å². The van der Waals surface area contributed by atoms with Crippen LogP contribution in [0.3, 0.4) is 0 Å². The number of thioether (sulfide) groups is 1. The van der Waals surface area contributed by atoms with Crippen LogP contribution in [0, 0.1) is 6.92 Å². The predicted octanol–water partition coefficient (Wildman–Crippen LogP) is 1.76. The Kier molecular flexibility index (Phi) is 3.67. The number of likely N-dealkylation sites (tertiary alicyclic amines) is 1. The number of β-amino-alcohol motifs (C(OH)–C–C–N with tert-alkyl or cyclic N) is 1. The maximum Gasteiger partial charge on any atom is 0.0793 e. The Balaban J connectivity index is 1.67. The van der Waals surface area contributed by atoms with Gasteiger partial charge >= 0.3 is 0 Å². The zero-order chi connectivity index (χ0) is 10.7. The second-order valence-electron chi connectivity index (χ2n) is 4.07. The Morgan fingerprint density at radius 3 is 2.60 bits per heavy atom. The standard InChI is InChI=1S/C12H17NOS/c1-10-2-4-12(5-3-10)15-7-6-13-8-11(14)9-13/h2-5,11,14H,6-9H2,1H3. The third-order valence-electron chi connectivity index (χ3n) is 2.64. The highest BCUT2D eigenvalue weighted by Gasteiger charge is 2.23. The minimum Gasteiger partial charge on any atom is -0.390 e. The highest BCUT2D eigenvalue weighted by molar-refractivity contribution is 7.99. The molecule has 0 atom stereocenters. The molecule has 1 aliphatic heterocycles. The van der Waals surface area contributed by atoms with Gasteiger partial charge in [0.1, 0.15) is 0 Å². The second-order valence-corrected chi connectivity index (χ2v) is 5.24. The molecule has 0 unspecified atom stereocenters. The van der Waals surface area contributed by atoms with Crippen LogP contribution in [0.4, 0.5) is 0 Å². The molecular formula is C12H17NOS. The zero-order valence-corrected chi connectivity index (χ0v) is 9.83. The SMILES string of the molecule is Cc1ccc(SCCN2CC(O)C2)cc1. The number of benzene rings is 1. The van der Waals surface area contributed by atoms with Crippen LogP contribution in [0.15, 0.2) is 29.2 Å². The lowest BCUT2D eigenvalue weighted by Gasteiger charge is -2.35. The molecule has 0 aromatic heterocycles. The van der Waals surface area contributed by atoms with Crippen LogP contribution in [0.25, 0.3) is 0 Å². The quantitative estimate of drug-likeness (QED) is 0.787. The van der Waals surface area contributed by atoms with E-state index in [1.54, 1.807) is 0 Å². The first kappa shape index (κ1) is 11.0. The van der Waals surface area contributed by atoms with Gasteiger partial charge in [-0.3, -0.25) is 4.90 Å². The van der Waals surface area contributed by atoms with Crippen molar-refractivity contribution in [2.45, 2.75) is 17.9 Å². The fourth-order valence-electron chi connectivity index (χ4n) is 1.65. The Morgan fingerprint density at radius 2 is 2.00 bits per heavy atom. The van der Waals surface area contributed by atoms with Gasteiger partial charge in [0.05, 0.1) is 6.10 Å². The fraction of sp³-hybridized carbons (Fsp3) is 0.500. The van der Waals surface area contributed by atoms with E-state index in [0.717, 1.165) is 25.4 Å². The van der Waals surface area contributed by atoms with E-state index in [9.17, 15) is 0 Å². The maximum atomic E-state index is 9.12. The summed E-state index contributed by atoms with van der Waals surface area (Å²) in [5.41, 5.74) is 1.31. The third-order valence-corrected chi connectivity index (χ3v) is 3.63. The lowest BCUT2D eigenvalue weighted by molar-refractivity contribution is 0.00648. The van der Waals surface area contributed by atoms with Crippen molar-refractivity contribution in [2.24, 2.45) is 0 Å². The summed E-state index contributed by atoms with van der Waals surface area (Å²) in [6, 6.07) is 8.64. The molecule has 0 spiro atoms. The first-order valence-corrected chi connectivity index (χ1v) is 6.32. The first-order valence-electron chi connectivity index (χ1n) is 5.34. The molecule has 2 rings (SSSR count). The molecule has 1 aromatic rings. The van der Waals surface area contributed by atoms with Crippen molar-refractivity contribution in [1.82, 2.24) is 4.90 Å². The number of rotatable bonds is 4. The molecule has 1 N–H and O–H groups in total. The highest BCUT2D eigenvalue weighted by Crippen LogP contribution is 2.19. The van der Waals surface area contributed by atoms with Crippen molar-refractivity contribution in [3.8, 4) is 0 Å². The summed E-state index contributed by atoms with van der Waals surface area (Å²) in [6.45, 7) is 4.90. The van der Waals surface area contributed by atoms with Gasteiger partial charge in [-0.2, -0.15) is 0 Å². The van der Waals surface area contributed by atoms with Gasteiger partial charge in [0, 0.05) is 30.3 Å². The van der Waals surface area contributed by atoms with E-state index in [2.05, 4.69) is 36.1 Å². The summed E-state index contributed by atoms with van der Waals surface area (Å²) in [4.78, 5) is 3.62. The number of aliphatic hydroxyl groups is 1. The van der Waals surface area contributed by atoms with Crippen LogP contribution in [0.2, 0.25) is 0 Å². The summed E-state index contributed by atoms with van der Waals surface area (Å²) in [5, 5.41) is 9.12. The maximum absolute atomic E-state index is 9.12. The molecule has 0 aliphatic carbocycles. The average Bonchev–Trinajstić information content (AvgIpc) is 2.18. The Labute approximate surface area is 95.3 Å². The van der Waals surface area contributed by atoms with Gasteiger partial charge in [-0.25, -0.2) is 0 Å². The molecular weight excluding hydrogens is 206 g/mol. The average molecular weight is 223 g/mol. The molecule has 1 aliphatic rings. The molecule has 1 aromatic carbocycles. The molecule has 15 heavy (non-hydrogen) atoms. The fourth-order valence-corrected chi connectivity index (χ4v) is 2.57. The van der Waals surface area contributed by atoms with Crippen LogP contribution < -0.4 is 0 Å². The lowest BCUT2D eigenvalue weighted by Crippen LogP contribution is -2.51. The normalized spacial score (nSPS) is 17.7. The number of hydrogen-bond donors (Lipinski definition) is 1. The van der Waals surface area contributed by atoms with E-state index in [1.165, 1.54) is 10.5 Å². The van der Waals surface area contributed by atoms with E-state index in [-0.39, 0.29) is 6.10 Å². The first-order chi connectivity index (χ1) is 7.24. The molecule has 0 saturated carbocycles.